The smallest absolute Gasteiger partial charge is 0.258 e. The van der Waals surface area contributed by atoms with E-state index in [0.717, 1.165) is 50.6 Å². The van der Waals surface area contributed by atoms with E-state index < -0.39 is 33.1 Å². The van der Waals surface area contributed by atoms with Crippen LogP contribution in [0, 0.1) is 11.6 Å². The molecule has 2 saturated heterocycles. The molecule has 1 N–H and O–H groups in total. The molecule has 4 rings (SSSR count). The standard InChI is InChI=1S/C22H25F2N3O4S/c23-16-4-7-21(26-8-2-1-3-9-26)20(14-16)25-22(28)18-15-17(5-6-19(18)24)32(29,30)27-10-12-31-13-11-27/h4-7,14-15H,1-3,8-13H2,(H,25,28). The Labute approximate surface area is 186 Å². The molecular weight excluding hydrogens is 440 g/mol. The molecule has 32 heavy (non-hydrogen) atoms. The number of nitrogens with one attached hydrogen (secondary N) is 1. The fraction of sp³-hybridized carbons (Fsp3) is 0.409. The van der Waals surface area contributed by atoms with E-state index in [0.29, 0.717) is 5.69 Å². The lowest BCUT2D eigenvalue weighted by Crippen LogP contribution is -2.40. The number of anilines is 2. The minimum atomic E-state index is -3.90. The number of hydrogen-bond donors (Lipinski definition) is 1. The predicted octanol–water partition coefficient (Wildman–Crippen LogP) is 3.23. The molecule has 2 aliphatic rings. The van der Waals surface area contributed by atoms with Crippen LogP contribution in [0.5, 0.6) is 0 Å². The number of hydrogen-bond acceptors (Lipinski definition) is 5. The lowest BCUT2D eigenvalue weighted by molar-refractivity contribution is 0.0730. The molecule has 0 aliphatic carbocycles. The van der Waals surface area contributed by atoms with Crippen LogP contribution in [-0.2, 0) is 14.8 Å². The molecule has 2 heterocycles. The fourth-order valence-electron chi connectivity index (χ4n) is 3.98. The molecular formula is C22H25F2N3O4S. The van der Waals surface area contributed by atoms with E-state index in [2.05, 4.69) is 5.32 Å². The molecule has 7 nitrogen and oxygen atoms in total. The first-order chi connectivity index (χ1) is 15.4. The van der Waals surface area contributed by atoms with Gasteiger partial charge in [-0.2, -0.15) is 4.31 Å². The van der Waals surface area contributed by atoms with Crippen molar-refractivity contribution < 1.29 is 26.7 Å². The Morgan fingerprint density at radius 2 is 1.66 bits per heavy atom. The zero-order chi connectivity index (χ0) is 22.7. The summed E-state index contributed by atoms with van der Waals surface area (Å²) in [6, 6.07) is 7.21. The number of amides is 1. The third-order valence-electron chi connectivity index (χ3n) is 5.69. The second-order valence-corrected chi connectivity index (χ2v) is 9.76. The average Bonchev–Trinajstić information content (AvgIpc) is 2.80. The number of carbonyl (C=O) groups excluding carboxylic acids is 1. The number of carbonyl (C=O) groups is 1. The van der Waals surface area contributed by atoms with Crippen LogP contribution < -0.4 is 10.2 Å². The summed E-state index contributed by atoms with van der Waals surface area (Å²) in [7, 11) is -3.90. The molecule has 1 amide bonds. The van der Waals surface area contributed by atoms with E-state index in [-0.39, 0.29) is 36.9 Å². The molecule has 2 fully saturated rings. The molecule has 0 atom stereocenters. The van der Waals surface area contributed by atoms with Gasteiger partial charge in [0, 0.05) is 26.2 Å². The average molecular weight is 466 g/mol. The number of morpholine rings is 1. The Morgan fingerprint density at radius 1 is 0.938 bits per heavy atom. The Balaban J connectivity index is 1.62. The highest BCUT2D eigenvalue weighted by atomic mass is 32.2. The van der Waals surface area contributed by atoms with E-state index in [4.69, 9.17) is 4.74 Å². The topological polar surface area (TPSA) is 79.0 Å². The van der Waals surface area contributed by atoms with Gasteiger partial charge in [-0.05, 0) is 55.7 Å². The van der Waals surface area contributed by atoms with Crippen molar-refractivity contribution in [1.82, 2.24) is 4.31 Å². The highest BCUT2D eigenvalue weighted by Gasteiger charge is 2.28. The van der Waals surface area contributed by atoms with Crippen molar-refractivity contribution in [3.05, 3.63) is 53.6 Å². The molecule has 0 spiro atoms. The first-order valence-electron chi connectivity index (χ1n) is 10.6. The van der Waals surface area contributed by atoms with Crippen LogP contribution in [0.4, 0.5) is 20.2 Å². The van der Waals surface area contributed by atoms with Gasteiger partial charge < -0.3 is 15.0 Å². The van der Waals surface area contributed by atoms with Crippen LogP contribution in [0.15, 0.2) is 41.3 Å². The molecule has 0 radical (unpaired) electrons. The summed E-state index contributed by atoms with van der Waals surface area (Å²) >= 11 is 0. The summed E-state index contributed by atoms with van der Waals surface area (Å²) in [5.41, 5.74) is 0.447. The summed E-state index contributed by atoms with van der Waals surface area (Å²) in [6.07, 6.45) is 3.08. The number of ether oxygens (including phenoxy) is 1. The molecule has 2 aromatic rings. The van der Waals surface area contributed by atoms with Crippen LogP contribution in [0.3, 0.4) is 0 Å². The van der Waals surface area contributed by atoms with Crippen molar-refractivity contribution in [2.75, 3.05) is 49.6 Å². The van der Waals surface area contributed by atoms with Gasteiger partial charge in [0.05, 0.1) is 35.0 Å². The van der Waals surface area contributed by atoms with Gasteiger partial charge in [-0.15, -0.1) is 0 Å². The summed E-state index contributed by atoms with van der Waals surface area (Å²) in [6.45, 7) is 2.46. The second kappa shape index (κ2) is 9.51. The molecule has 0 aromatic heterocycles. The number of benzene rings is 2. The van der Waals surface area contributed by atoms with E-state index in [1.807, 2.05) is 4.90 Å². The molecule has 0 unspecified atom stereocenters. The Bertz CT molecular complexity index is 1100. The normalized spacial score (nSPS) is 17.9. The van der Waals surface area contributed by atoms with E-state index in [1.165, 1.54) is 16.4 Å². The van der Waals surface area contributed by atoms with Crippen LogP contribution in [0.2, 0.25) is 0 Å². The van der Waals surface area contributed by atoms with Gasteiger partial charge >= 0.3 is 0 Å². The van der Waals surface area contributed by atoms with Crippen molar-refractivity contribution in [3.8, 4) is 0 Å². The maximum absolute atomic E-state index is 14.5. The molecule has 10 heteroatoms. The Kier molecular flexibility index (Phi) is 6.73. The highest BCUT2D eigenvalue weighted by molar-refractivity contribution is 7.89. The van der Waals surface area contributed by atoms with Gasteiger partial charge in [0.15, 0.2) is 0 Å². The third-order valence-corrected chi connectivity index (χ3v) is 7.59. The van der Waals surface area contributed by atoms with Crippen LogP contribution in [0.25, 0.3) is 0 Å². The van der Waals surface area contributed by atoms with Crippen molar-refractivity contribution in [3.63, 3.8) is 0 Å². The monoisotopic (exact) mass is 465 g/mol. The number of halogens is 2. The van der Waals surface area contributed by atoms with Crippen molar-refractivity contribution >= 4 is 27.3 Å². The predicted molar refractivity (Wildman–Crippen MR) is 116 cm³/mol. The van der Waals surface area contributed by atoms with Gasteiger partial charge in [-0.3, -0.25) is 4.79 Å². The minimum absolute atomic E-state index is 0.179. The molecule has 0 bridgehead atoms. The third kappa shape index (κ3) is 4.77. The Hall–Kier alpha value is -2.56. The molecule has 172 valence electrons. The van der Waals surface area contributed by atoms with Crippen molar-refractivity contribution in [2.45, 2.75) is 24.2 Å². The second-order valence-electron chi connectivity index (χ2n) is 7.82. The summed E-state index contributed by atoms with van der Waals surface area (Å²) in [5, 5.41) is 2.57. The van der Waals surface area contributed by atoms with E-state index in [9.17, 15) is 22.0 Å². The first kappa shape index (κ1) is 22.6. The first-order valence-corrected chi connectivity index (χ1v) is 12.0. The largest absolute Gasteiger partial charge is 0.379 e. The van der Waals surface area contributed by atoms with E-state index in [1.54, 1.807) is 6.07 Å². The SMILES string of the molecule is O=C(Nc1cc(F)ccc1N1CCCCC1)c1cc(S(=O)(=O)N2CCOCC2)ccc1F. The molecule has 2 aromatic carbocycles. The van der Waals surface area contributed by atoms with Crippen LogP contribution in [0.1, 0.15) is 29.6 Å². The molecule has 0 saturated carbocycles. The quantitative estimate of drug-likeness (QED) is 0.734. The lowest BCUT2D eigenvalue weighted by Gasteiger charge is -2.30. The maximum Gasteiger partial charge on any atom is 0.258 e. The van der Waals surface area contributed by atoms with Crippen LogP contribution in [-0.4, -0.2) is 58.0 Å². The van der Waals surface area contributed by atoms with Gasteiger partial charge in [0.25, 0.3) is 5.91 Å². The van der Waals surface area contributed by atoms with Gasteiger partial charge in [-0.25, -0.2) is 17.2 Å². The van der Waals surface area contributed by atoms with Gasteiger partial charge in [0.1, 0.15) is 11.6 Å². The van der Waals surface area contributed by atoms with Crippen LogP contribution >= 0.6 is 0 Å². The number of piperidine rings is 1. The van der Waals surface area contributed by atoms with Gasteiger partial charge in [0.2, 0.25) is 10.0 Å². The maximum atomic E-state index is 14.5. The fourth-order valence-corrected chi connectivity index (χ4v) is 5.42. The highest BCUT2D eigenvalue weighted by Crippen LogP contribution is 2.30. The summed E-state index contributed by atoms with van der Waals surface area (Å²) in [5.74, 6) is -2.24. The lowest BCUT2D eigenvalue weighted by atomic mass is 10.1. The number of nitrogens with zero attached hydrogens (tertiary/aromatic N) is 2. The molecule has 2 aliphatic heterocycles. The zero-order valence-corrected chi connectivity index (χ0v) is 18.3. The van der Waals surface area contributed by atoms with Crippen molar-refractivity contribution in [2.24, 2.45) is 0 Å². The van der Waals surface area contributed by atoms with Crippen molar-refractivity contribution in [1.29, 1.82) is 0 Å². The van der Waals surface area contributed by atoms with E-state index >= 15 is 0 Å². The Morgan fingerprint density at radius 3 is 2.38 bits per heavy atom. The zero-order valence-electron chi connectivity index (χ0n) is 17.5. The summed E-state index contributed by atoms with van der Waals surface area (Å²) in [4.78, 5) is 14.8. The number of sulfonamides is 1. The van der Waals surface area contributed by atoms with Gasteiger partial charge in [-0.1, -0.05) is 0 Å². The number of rotatable bonds is 5. The summed E-state index contributed by atoms with van der Waals surface area (Å²) < 4.78 is 60.7. The minimum Gasteiger partial charge on any atom is -0.379 e.